The molecule has 3 rings (SSSR count). The van der Waals surface area contributed by atoms with E-state index in [0.717, 1.165) is 37.1 Å². The largest absolute Gasteiger partial charge is 0.457 e. The molecule has 1 fully saturated rings. The van der Waals surface area contributed by atoms with Gasteiger partial charge in [-0.05, 0) is 36.6 Å². The van der Waals surface area contributed by atoms with Gasteiger partial charge in [-0.2, -0.15) is 0 Å². The number of fused-ring (bicyclic) bond motifs is 1. The Labute approximate surface area is 158 Å². The van der Waals surface area contributed by atoms with Crippen molar-refractivity contribution in [1.82, 2.24) is 10.2 Å². The monoisotopic (exact) mass is 371 g/mol. The Morgan fingerprint density at radius 3 is 2.89 bits per heavy atom. The van der Waals surface area contributed by atoms with E-state index < -0.39 is 6.10 Å². The summed E-state index contributed by atoms with van der Waals surface area (Å²) in [5.41, 5.74) is 2.54. The van der Waals surface area contributed by atoms with E-state index in [-0.39, 0.29) is 24.5 Å². The van der Waals surface area contributed by atoms with E-state index in [2.05, 4.69) is 21.8 Å². The average molecular weight is 371 g/mol. The molecule has 7 nitrogen and oxygen atoms in total. The van der Waals surface area contributed by atoms with Gasteiger partial charge in [0.2, 0.25) is 0 Å². The van der Waals surface area contributed by atoms with Crippen molar-refractivity contribution in [3.63, 3.8) is 0 Å². The number of likely N-dealkylation sites (tertiary alicyclic amines) is 1. The number of carbonyl (C=O) groups excluding carboxylic acids is 2. The number of cyclic esters (lactones) is 1. The normalized spacial score (nSPS) is 19.3. The van der Waals surface area contributed by atoms with Crippen LogP contribution < -0.4 is 5.32 Å². The zero-order valence-corrected chi connectivity index (χ0v) is 15.5. The second-order valence-corrected chi connectivity index (χ2v) is 6.87. The highest BCUT2D eigenvalue weighted by Gasteiger charge is 2.25. The maximum Gasteiger partial charge on any atom is 0.338 e. The molecule has 0 aliphatic carbocycles. The summed E-state index contributed by atoms with van der Waals surface area (Å²) in [7, 11) is 1.57. The predicted molar refractivity (Wildman–Crippen MR) is 102 cm³/mol. The summed E-state index contributed by atoms with van der Waals surface area (Å²) in [6.07, 6.45) is 2.46. The number of amides is 1. The quantitative estimate of drug-likeness (QED) is 0.580. The minimum atomic E-state index is -0.628. The van der Waals surface area contributed by atoms with Crippen molar-refractivity contribution in [2.24, 2.45) is 4.99 Å². The number of aliphatic hydroxyl groups excluding tert-OH is 1. The van der Waals surface area contributed by atoms with Crippen LogP contribution in [-0.4, -0.2) is 60.3 Å². The van der Waals surface area contributed by atoms with Gasteiger partial charge < -0.3 is 20.1 Å². The number of piperidine rings is 1. The summed E-state index contributed by atoms with van der Waals surface area (Å²) in [6, 6.07) is 5.45. The maximum absolute atomic E-state index is 12.0. The zero-order chi connectivity index (χ0) is 19.4. The van der Waals surface area contributed by atoms with Crippen LogP contribution in [-0.2, 0) is 16.1 Å². The van der Waals surface area contributed by atoms with Crippen LogP contribution in [0.25, 0.3) is 0 Å². The summed E-state index contributed by atoms with van der Waals surface area (Å²) in [5.74, 6) is -0.496. The standard InChI is InChI=1S/C20H25N3O4/c1-3-17(21-2)19(25)22-15-6-8-23(9-7-15)11-18(24)13-4-5-16-14(10-13)12-27-20(16)26/h3-5,10,15,18,24H,1,6-9,11-12H2,2H3,(H,22,25)/b21-17+. The fraction of sp³-hybridized carbons (Fsp3) is 0.450. The Hall–Kier alpha value is -2.51. The van der Waals surface area contributed by atoms with Crippen molar-refractivity contribution in [3.8, 4) is 0 Å². The summed E-state index contributed by atoms with van der Waals surface area (Å²) >= 11 is 0. The first-order chi connectivity index (χ1) is 13.0. The molecule has 2 heterocycles. The molecule has 1 amide bonds. The van der Waals surface area contributed by atoms with E-state index in [1.165, 1.54) is 6.08 Å². The van der Waals surface area contributed by atoms with Gasteiger partial charge in [0.1, 0.15) is 12.3 Å². The molecular formula is C20H25N3O4. The molecule has 1 atom stereocenters. The van der Waals surface area contributed by atoms with E-state index in [9.17, 15) is 14.7 Å². The molecule has 7 heteroatoms. The molecule has 2 N–H and O–H groups in total. The molecule has 1 saturated heterocycles. The first-order valence-electron chi connectivity index (χ1n) is 9.12. The average Bonchev–Trinajstić information content (AvgIpc) is 3.04. The van der Waals surface area contributed by atoms with E-state index >= 15 is 0 Å². The lowest BCUT2D eigenvalue weighted by Gasteiger charge is -2.33. The summed E-state index contributed by atoms with van der Waals surface area (Å²) in [6.45, 7) is 5.96. The topological polar surface area (TPSA) is 91.2 Å². The number of aliphatic imine (C=N–C) groups is 1. The molecule has 27 heavy (non-hydrogen) atoms. The molecule has 1 aromatic rings. The zero-order valence-electron chi connectivity index (χ0n) is 15.5. The van der Waals surface area contributed by atoms with Crippen molar-refractivity contribution in [3.05, 3.63) is 47.5 Å². The summed E-state index contributed by atoms with van der Waals surface area (Å²) < 4.78 is 5.00. The van der Waals surface area contributed by atoms with E-state index in [1.807, 2.05) is 6.07 Å². The van der Waals surface area contributed by atoms with Crippen LogP contribution in [0, 0.1) is 0 Å². The van der Waals surface area contributed by atoms with Gasteiger partial charge in [-0.25, -0.2) is 4.79 Å². The van der Waals surface area contributed by atoms with Crippen LogP contribution in [0.5, 0.6) is 0 Å². The van der Waals surface area contributed by atoms with Crippen LogP contribution >= 0.6 is 0 Å². The molecule has 2 aliphatic rings. The van der Waals surface area contributed by atoms with Crippen LogP contribution in [0.1, 0.15) is 40.4 Å². The minimum absolute atomic E-state index is 0.103. The van der Waals surface area contributed by atoms with Crippen LogP contribution in [0.15, 0.2) is 35.8 Å². The Bertz CT molecular complexity index is 766. The summed E-state index contributed by atoms with van der Waals surface area (Å²) in [5, 5.41) is 13.5. The summed E-state index contributed by atoms with van der Waals surface area (Å²) in [4.78, 5) is 29.6. The first-order valence-corrected chi connectivity index (χ1v) is 9.12. The first kappa shape index (κ1) is 19.3. The molecule has 0 saturated carbocycles. The SMILES string of the molecule is C=C/C(=N\C)C(=O)NC1CCN(CC(O)c2ccc3c(c2)COC3=O)CC1. The number of carbonyl (C=O) groups is 2. The van der Waals surface area contributed by atoms with E-state index in [4.69, 9.17) is 4.74 Å². The molecule has 0 radical (unpaired) electrons. The molecule has 0 bridgehead atoms. The maximum atomic E-state index is 12.0. The van der Waals surface area contributed by atoms with Gasteiger partial charge in [-0.1, -0.05) is 12.6 Å². The number of rotatable bonds is 6. The molecule has 0 aromatic heterocycles. The number of hydrogen-bond acceptors (Lipinski definition) is 6. The minimum Gasteiger partial charge on any atom is -0.457 e. The number of ether oxygens (including phenoxy) is 1. The Morgan fingerprint density at radius 2 is 2.22 bits per heavy atom. The predicted octanol–water partition coefficient (Wildman–Crippen LogP) is 1.23. The number of β-amino-alcohol motifs (C(OH)–C–C–N with tert-alkyl or cyclic N) is 1. The number of aliphatic hydroxyl groups is 1. The Kier molecular flexibility index (Phi) is 6.03. The van der Waals surface area contributed by atoms with Gasteiger partial charge in [-0.3, -0.25) is 9.79 Å². The van der Waals surface area contributed by atoms with Crippen molar-refractivity contribution in [1.29, 1.82) is 0 Å². The number of hydrogen-bond donors (Lipinski definition) is 2. The van der Waals surface area contributed by atoms with Gasteiger partial charge >= 0.3 is 5.97 Å². The third-order valence-electron chi connectivity index (χ3n) is 5.11. The van der Waals surface area contributed by atoms with Crippen molar-refractivity contribution >= 4 is 17.6 Å². The molecule has 1 unspecified atom stereocenters. The van der Waals surface area contributed by atoms with Gasteiger partial charge in [0.25, 0.3) is 5.91 Å². The molecular weight excluding hydrogens is 346 g/mol. The lowest BCUT2D eigenvalue weighted by molar-refractivity contribution is -0.115. The lowest BCUT2D eigenvalue weighted by atomic mass is 10.0. The highest BCUT2D eigenvalue weighted by molar-refractivity contribution is 6.43. The van der Waals surface area contributed by atoms with Gasteiger partial charge in [-0.15, -0.1) is 0 Å². The van der Waals surface area contributed by atoms with Gasteiger partial charge in [0.05, 0.1) is 11.7 Å². The molecule has 0 spiro atoms. The highest BCUT2D eigenvalue weighted by Crippen LogP contribution is 2.25. The van der Waals surface area contributed by atoms with Crippen LogP contribution in [0.4, 0.5) is 0 Å². The van der Waals surface area contributed by atoms with E-state index in [1.54, 1.807) is 19.2 Å². The van der Waals surface area contributed by atoms with Gasteiger partial charge in [0.15, 0.2) is 0 Å². The molecule has 1 aromatic carbocycles. The smallest absolute Gasteiger partial charge is 0.338 e. The third-order valence-corrected chi connectivity index (χ3v) is 5.11. The number of nitrogens with zero attached hydrogens (tertiary/aromatic N) is 2. The second kappa shape index (κ2) is 8.45. The second-order valence-electron chi connectivity index (χ2n) is 6.87. The lowest BCUT2D eigenvalue weighted by Crippen LogP contribution is -2.47. The fourth-order valence-electron chi connectivity index (χ4n) is 3.52. The highest BCUT2D eigenvalue weighted by atomic mass is 16.5. The molecule has 2 aliphatic heterocycles. The molecule has 144 valence electrons. The Balaban J connectivity index is 1.50. The number of nitrogens with one attached hydrogen (secondary N) is 1. The Morgan fingerprint density at radius 1 is 1.48 bits per heavy atom. The van der Waals surface area contributed by atoms with Crippen molar-refractivity contribution in [2.75, 3.05) is 26.7 Å². The fourth-order valence-corrected chi connectivity index (χ4v) is 3.52. The van der Waals surface area contributed by atoms with E-state index in [0.29, 0.717) is 17.8 Å². The third kappa shape index (κ3) is 4.43. The number of esters is 1. The van der Waals surface area contributed by atoms with Crippen LogP contribution in [0.3, 0.4) is 0 Å². The number of benzene rings is 1. The van der Waals surface area contributed by atoms with Crippen molar-refractivity contribution in [2.45, 2.75) is 31.6 Å². The van der Waals surface area contributed by atoms with Crippen molar-refractivity contribution < 1.29 is 19.4 Å². The van der Waals surface area contributed by atoms with Crippen LogP contribution in [0.2, 0.25) is 0 Å². The van der Waals surface area contributed by atoms with Gasteiger partial charge in [0, 0.05) is 38.3 Å².